The number of carboxylic acids is 1. The minimum atomic E-state index is -0.647. The van der Waals surface area contributed by atoms with Gasteiger partial charge in [0.05, 0.1) is 5.41 Å². The average Bonchev–Trinajstić information content (AvgIpc) is 2.39. The van der Waals surface area contributed by atoms with E-state index in [-0.39, 0.29) is 5.92 Å². The molecule has 3 nitrogen and oxygen atoms in total. The Bertz CT molecular complexity index is 419. The van der Waals surface area contributed by atoms with Crippen molar-refractivity contribution in [2.24, 2.45) is 5.41 Å². The summed E-state index contributed by atoms with van der Waals surface area (Å²) in [5.74, 6) is -0.609. The number of hydrogen-bond acceptors (Lipinski definition) is 2. The summed E-state index contributed by atoms with van der Waals surface area (Å²) >= 11 is 0. The summed E-state index contributed by atoms with van der Waals surface area (Å²) in [6.07, 6.45) is 4.77. The van der Waals surface area contributed by atoms with Crippen molar-refractivity contribution in [1.82, 2.24) is 0 Å². The first kappa shape index (κ1) is 12.9. The standard InChI is InChI=1S/C15H21NO2/c1-11(12-5-7-13(16)8-6-12)15(14(17)18)9-3-2-4-10-15/h5-8,11H,2-4,9-10,16H2,1H3,(H,17,18). The Balaban J connectivity index is 2.30. The van der Waals surface area contributed by atoms with Crippen molar-refractivity contribution in [1.29, 1.82) is 0 Å². The Morgan fingerprint density at radius 3 is 2.28 bits per heavy atom. The van der Waals surface area contributed by atoms with Crippen molar-refractivity contribution in [3.05, 3.63) is 29.8 Å². The van der Waals surface area contributed by atoms with Gasteiger partial charge in [-0.05, 0) is 36.5 Å². The molecule has 98 valence electrons. The zero-order valence-corrected chi connectivity index (χ0v) is 10.9. The monoisotopic (exact) mass is 247 g/mol. The van der Waals surface area contributed by atoms with Crippen LogP contribution < -0.4 is 5.73 Å². The van der Waals surface area contributed by atoms with Crippen molar-refractivity contribution in [3.63, 3.8) is 0 Å². The molecule has 1 fully saturated rings. The summed E-state index contributed by atoms with van der Waals surface area (Å²) in [6.45, 7) is 2.03. The second-order valence-corrected chi connectivity index (χ2v) is 5.41. The van der Waals surface area contributed by atoms with Gasteiger partial charge in [0.15, 0.2) is 0 Å². The SMILES string of the molecule is CC(c1ccc(N)cc1)C1(C(=O)O)CCCCC1. The van der Waals surface area contributed by atoms with Crippen LogP contribution in [0, 0.1) is 5.41 Å². The predicted octanol–water partition coefficient (Wildman–Crippen LogP) is 3.41. The van der Waals surface area contributed by atoms with Crippen LogP contribution in [-0.4, -0.2) is 11.1 Å². The van der Waals surface area contributed by atoms with E-state index in [9.17, 15) is 9.90 Å². The molecule has 0 aliphatic heterocycles. The van der Waals surface area contributed by atoms with Crippen LogP contribution in [0.4, 0.5) is 5.69 Å². The maximum absolute atomic E-state index is 11.7. The number of nitrogen functional groups attached to an aromatic ring is 1. The van der Waals surface area contributed by atoms with Gasteiger partial charge in [-0.3, -0.25) is 4.79 Å². The Morgan fingerprint density at radius 1 is 1.22 bits per heavy atom. The zero-order chi connectivity index (χ0) is 13.2. The first-order chi connectivity index (χ1) is 8.56. The quantitative estimate of drug-likeness (QED) is 0.804. The highest BCUT2D eigenvalue weighted by atomic mass is 16.4. The number of aliphatic carboxylic acids is 1. The Labute approximate surface area is 108 Å². The lowest BCUT2D eigenvalue weighted by Gasteiger charge is -2.38. The summed E-state index contributed by atoms with van der Waals surface area (Å²) in [5, 5.41) is 9.65. The van der Waals surface area contributed by atoms with Gasteiger partial charge < -0.3 is 10.8 Å². The molecule has 1 aliphatic carbocycles. The lowest BCUT2D eigenvalue weighted by atomic mass is 9.64. The van der Waals surface area contributed by atoms with Crippen LogP contribution in [0.1, 0.15) is 50.5 Å². The van der Waals surface area contributed by atoms with Gasteiger partial charge in [-0.1, -0.05) is 38.3 Å². The van der Waals surface area contributed by atoms with Crippen molar-refractivity contribution >= 4 is 11.7 Å². The molecular weight excluding hydrogens is 226 g/mol. The Hall–Kier alpha value is -1.51. The second-order valence-electron chi connectivity index (χ2n) is 5.41. The molecule has 2 rings (SSSR count). The average molecular weight is 247 g/mol. The first-order valence-corrected chi connectivity index (χ1v) is 6.65. The Morgan fingerprint density at radius 2 is 1.78 bits per heavy atom. The van der Waals surface area contributed by atoms with Crippen LogP contribution in [0.25, 0.3) is 0 Å². The fourth-order valence-electron chi connectivity index (χ4n) is 3.12. The minimum absolute atomic E-state index is 0.0379. The molecular formula is C15H21NO2. The largest absolute Gasteiger partial charge is 0.481 e. The summed E-state index contributed by atoms with van der Waals surface area (Å²) in [6, 6.07) is 7.62. The van der Waals surface area contributed by atoms with Crippen molar-refractivity contribution in [3.8, 4) is 0 Å². The predicted molar refractivity (Wildman–Crippen MR) is 72.4 cm³/mol. The molecule has 0 spiro atoms. The summed E-state index contributed by atoms with van der Waals surface area (Å²) in [4.78, 5) is 11.7. The molecule has 1 aliphatic rings. The van der Waals surface area contributed by atoms with Gasteiger partial charge in [0.2, 0.25) is 0 Å². The number of hydrogen-bond donors (Lipinski definition) is 2. The molecule has 1 aromatic rings. The fourth-order valence-corrected chi connectivity index (χ4v) is 3.12. The van der Waals surface area contributed by atoms with E-state index in [1.54, 1.807) is 0 Å². The van der Waals surface area contributed by atoms with E-state index in [0.717, 1.165) is 43.4 Å². The van der Waals surface area contributed by atoms with E-state index in [1.807, 2.05) is 31.2 Å². The van der Waals surface area contributed by atoms with Crippen molar-refractivity contribution in [2.45, 2.75) is 44.9 Å². The van der Waals surface area contributed by atoms with E-state index >= 15 is 0 Å². The van der Waals surface area contributed by atoms with Crippen LogP contribution in [0.2, 0.25) is 0 Å². The third-order valence-electron chi connectivity index (χ3n) is 4.44. The van der Waals surface area contributed by atoms with E-state index in [1.165, 1.54) is 0 Å². The highest BCUT2D eigenvalue weighted by Gasteiger charge is 2.44. The van der Waals surface area contributed by atoms with Gasteiger partial charge in [-0.15, -0.1) is 0 Å². The molecule has 0 amide bonds. The van der Waals surface area contributed by atoms with Crippen LogP contribution in [0.15, 0.2) is 24.3 Å². The lowest BCUT2D eigenvalue weighted by molar-refractivity contribution is -0.152. The highest BCUT2D eigenvalue weighted by molar-refractivity contribution is 5.76. The molecule has 18 heavy (non-hydrogen) atoms. The van der Waals surface area contributed by atoms with Gasteiger partial charge in [0, 0.05) is 5.69 Å². The fraction of sp³-hybridized carbons (Fsp3) is 0.533. The summed E-state index contributed by atoms with van der Waals surface area (Å²) in [7, 11) is 0. The Kier molecular flexibility index (Phi) is 3.60. The maximum atomic E-state index is 11.7. The minimum Gasteiger partial charge on any atom is -0.481 e. The molecule has 0 heterocycles. The molecule has 0 saturated heterocycles. The normalized spacial score (nSPS) is 20.3. The van der Waals surface area contributed by atoms with E-state index in [0.29, 0.717) is 0 Å². The highest BCUT2D eigenvalue weighted by Crippen LogP contribution is 2.47. The summed E-state index contributed by atoms with van der Waals surface area (Å²) in [5.41, 5.74) is 6.89. The van der Waals surface area contributed by atoms with Gasteiger partial charge in [0.25, 0.3) is 0 Å². The van der Waals surface area contributed by atoms with Crippen LogP contribution in [0.3, 0.4) is 0 Å². The van der Waals surface area contributed by atoms with Crippen molar-refractivity contribution < 1.29 is 9.90 Å². The number of carbonyl (C=O) groups is 1. The van der Waals surface area contributed by atoms with Gasteiger partial charge in [0.1, 0.15) is 0 Å². The topological polar surface area (TPSA) is 63.3 Å². The second kappa shape index (κ2) is 5.01. The van der Waals surface area contributed by atoms with E-state index in [4.69, 9.17) is 5.73 Å². The number of benzene rings is 1. The van der Waals surface area contributed by atoms with Crippen LogP contribution in [0.5, 0.6) is 0 Å². The molecule has 1 saturated carbocycles. The van der Waals surface area contributed by atoms with Gasteiger partial charge >= 0.3 is 5.97 Å². The van der Waals surface area contributed by atoms with Gasteiger partial charge in [-0.2, -0.15) is 0 Å². The van der Waals surface area contributed by atoms with Gasteiger partial charge in [-0.25, -0.2) is 0 Å². The third-order valence-corrected chi connectivity index (χ3v) is 4.44. The number of carboxylic acid groups (broad SMARTS) is 1. The van der Waals surface area contributed by atoms with E-state index in [2.05, 4.69) is 0 Å². The zero-order valence-electron chi connectivity index (χ0n) is 10.9. The molecule has 0 radical (unpaired) electrons. The lowest BCUT2D eigenvalue weighted by Crippen LogP contribution is -2.38. The molecule has 3 heteroatoms. The molecule has 3 N–H and O–H groups in total. The maximum Gasteiger partial charge on any atom is 0.310 e. The van der Waals surface area contributed by atoms with Crippen LogP contribution >= 0.6 is 0 Å². The van der Waals surface area contributed by atoms with E-state index < -0.39 is 11.4 Å². The molecule has 0 bridgehead atoms. The number of nitrogens with two attached hydrogens (primary N) is 1. The molecule has 1 atom stereocenters. The van der Waals surface area contributed by atoms with Crippen LogP contribution in [-0.2, 0) is 4.79 Å². The third kappa shape index (κ3) is 2.22. The summed E-state index contributed by atoms with van der Waals surface area (Å²) < 4.78 is 0. The molecule has 0 aromatic heterocycles. The first-order valence-electron chi connectivity index (χ1n) is 6.65. The molecule has 1 unspecified atom stereocenters. The smallest absolute Gasteiger partial charge is 0.310 e. The van der Waals surface area contributed by atoms with Crippen molar-refractivity contribution in [2.75, 3.05) is 5.73 Å². The number of anilines is 1. The molecule has 1 aromatic carbocycles. The number of rotatable bonds is 3.